The van der Waals surface area contributed by atoms with Crippen LogP contribution < -0.4 is 11.1 Å². The first-order valence-electron chi connectivity index (χ1n) is 5.90. The molecule has 0 fully saturated rings. The average molecular weight is 262 g/mol. The van der Waals surface area contributed by atoms with E-state index in [1.807, 2.05) is 6.92 Å². The lowest BCUT2D eigenvalue weighted by molar-refractivity contribution is 0.102. The van der Waals surface area contributed by atoms with E-state index in [0.29, 0.717) is 23.4 Å². The quantitative estimate of drug-likeness (QED) is 0.830. The van der Waals surface area contributed by atoms with Crippen molar-refractivity contribution in [3.63, 3.8) is 0 Å². The Hall–Kier alpha value is -2.37. The van der Waals surface area contributed by atoms with Gasteiger partial charge in [0.25, 0.3) is 5.91 Å². The second kappa shape index (κ2) is 5.09. The molecule has 0 aliphatic rings. The highest BCUT2D eigenvalue weighted by atomic mass is 19.1. The Kier molecular flexibility index (Phi) is 3.50. The van der Waals surface area contributed by atoms with Gasteiger partial charge in [0.1, 0.15) is 5.82 Å². The minimum Gasteiger partial charge on any atom is -0.397 e. The number of anilines is 2. The second-order valence-electron chi connectivity index (χ2n) is 4.20. The summed E-state index contributed by atoms with van der Waals surface area (Å²) in [5.41, 5.74) is 7.43. The number of nitrogens with two attached hydrogens (primary N) is 1. The molecule has 19 heavy (non-hydrogen) atoms. The molecule has 0 aliphatic heterocycles. The topological polar surface area (TPSA) is 72.9 Å². The summed E-state index contributed by atoms with van der Waals surface area (Å²) in [6.07, 6.45) is 2.30. The molecule has 1 heterocycles. The smallest absolute Gasteiger partial charge is 0.259 e. The number of benzene rings is 1. The highest BCUT2D eigenvalue weighted by molar-refractivity contribution is 6.06. The molecule has 0 unspecified atom stereocenters. The van der Waals surface area contributed by atoms with Crippen LogP contribution in [-0.4, -0.2) is 15.7 Å². The standard InChI is InChI=1S/C13H15FN4O/c1-3-11-9(7-18(2)17-11)13(19)16-12-5-4-8(14)6-10(12)15/h4-7H,3,15H2,1-2H3,(H,16,19). The number of nitrogens with zero attached hydrogens (tertiary/aromatic N) is 2. The van der Waals surface area contributed by atoms with Crippen LogP contribution in [-0.2, 0) is 13.5 Å². The number of carbonyl (C=O) groups excluding carboxylic acids is 1. The van der Waals surface area contributed by atoms with Crippen LogP contribution in [0.3, 0.4) is 0 Å². The van der Waals surface area contributed by atoms with Crippen LogP contribution in [0.15, 0.2) is 24.4 Å². The molecule has 3 N–H and O–H groups in total. The van der Waals surface area contributed by atoms with Crippen molar-refractivity contribution in [2.75, 3.05) is 11.1 Å². The molecule has 0 atom stereocenters. The van der Waals surface area contributed by atoms with Crippen molar-refractivity contribution in [3.8, 4) is 0 Å². The van der Waals surface area contributed by atoms with Crippen LogP contribution in [0.1, 0.15) is 23.0 Å². The maximum atomic E-state index is 12.9. The minimum atomic E-state index is -0.439. The number of halogens is 1. The Bertz CT molecular complexity index is 621. The molecule has 0 aliphatic carbocycles. The highest BCUT2D eigenvalue weighted by Gasteiger charge is 2.15. The van der Waals surface area contributed by atoms with E-state index in [1.165, 1.54) is 18.2 Å². The molecule has 0 radical (unpaired) electrons. The Labute approximate surface area is 110 Å². The largest absolute Gasteiger partial charge is 0.397 e. The van der Waals surface area contributed by atoms with E-state index in [0.717, 1.165) is 0 Å². The molecule has 2 rings (SSSR count). The summed E-state index contributed by atoms with van der Waals surface area (Å²) in [4.78, 5) is 12.1. The van der Waals surface area contributed by atoms with Gasteiger partial charge < -0.3 is 11.1 Å². The van der Waals surface area contributed by atoms with Crippen molar-refractivity contribution >= 4 is 17.3 Å². The fraction of sp³-hybridized carbons (Fsp3) is 0.231. The van der Waals surface area contributed by atoms with Gasteiger partial charge in [-0.05, 0) is 24.6 Å². The summed E-state index contributed by atoms with van der Waals surface area (Å²) in [7, 11) is 1.75. The van der Waals surface area contributed by atoms with E-state index in [1.54, 1.807) is 17.9 Å². The lowest BCUT2D eigenvalue weighted by Crippen LogP contribution is -2.14. The number of rotatable bonds is 3. The van der Waals surface area contributed by atoms with E-state index in [-0.39, 0.29) is 11.6 Å². The molecular formula is C13H15FN4O. The molecule has 2 aromatic rings. The van der Waals surface area contributed by atoms with Crippen molar-refractivity contribution in [2.24, 2.45) is 7.05 Å². The Morgan fingerprint density at radius 3 is 2.89 bits per heavy atom. The molecular weight excluding hydrogens is 247 g/mol. The van der Waals surface area contributed by atoms with Crippen molar-refractivity contribution < 1.29 is 9.18 Å². The first-order valence-corrected chi connectivity index (χ1v) is 5.90. The molecule has 1 aromatic carbocycles. The number of nitrogen functional groups attached to an aromatic ring is 1. The molecule has 6 heteroatoms. The number of amides is 1. The molecule has 1 amide bonds. The Balaban J connectivity index is 2.25. The Morgan fingerprint density at radius 1 is 1.53 bits per heavy atom. The third-order valence-electron chi connectivity index (χ3n) is 2.75. The molecule has 0 saturated heterocycles. The van der Waals surface area contributed by atoms with Crippen LogP contribution in [0.25, 0.3) is 0 Å². The lowest BCUT2D eigenvalue weighted by atomic mass is 10.2. The average Bonchev–Trinajstić information content (AvgIpc) is 2.74. The molecule has 5 nitrogen and oxygen atoms in total. The van der Waals surface area contributed by atoms with Gasteiger partial charge in [0, 0.05) is 13.2 Å². The summed E-state index contributed by atoms with van der Waals surface area (Å²) in [5.74, 6) is -0.741. The zero-order valence-corrected chi connectivity index (χ0v) is 10.8. The van der Waals surface area contributed by atoms with E-state index in [4.69, 9.17) is 5.73 Å². The van der Waals surface area contributed by atoms with E-state index >= 15 is 0 Å². The van der Waals surface area contributed by atoms with Gasteiger partial charge in [0.05, 0.1) is 22.6 Å². The van der Waals surface area contributed by atoms with Crippen molar-refractivity contribution in [1.29, 1.82) is 0 Å². The fourth-order valence-electron chi connectivity index (χ4n) is 1.82. The molecule has 1 aromatic heterocycles. The normalized spacial score (nSPS) is 10.5. The number of carbonyl (C=O) groups is 1. The summed E-state index contributed by atoms with van der Waals surface area (Å²) < 4.78 is 14.5. The first-order chi connectivity index (χ1) is 9.01. The minimum absolute atomic E-state index is 0.190. The molecule has 0 saturated carbocycles. The SMILES string of the molecule is CCc1nn(C)cc1C(=O)Nc1ccc(F)cc1N. The van der Waals surface area contributed by atoms with Crippen LogP contribution in [0, 0.1) is 5.82 Å². The predicted octanol–water partition coefficient (Wildman–Crippen LogP) is 1.96. The van der Waals surface area contributed by atoms with Gasteiger partial charge in [-0.2, -0.15) is 5.10 Å². The van der Waals surface area contributed by atoms with Gasteiger partial charge in [-0.15, -0.1) is 0 Å². The van der Waals surface area contributed by atoms with E-state index < -0.39 is 5.82 Å². The van der Waals surface area contributed by atoms with Crippen molar-refractivity contribution in [2.45, 2.75) is 13.3 Å². The number of aromatic nitrogens is 2. The van der Waals surface area contributed by atoms with Crippen LogP contribution in [0.4, 0.5) is 15.8 Å². The summed E-state index contributed by atoms with van der Waals surface area (Å²) in [6.45, 7) is 1.92. The third-order valence-corrected chi connectivity index (χ3v) is 2.75. The summed E-state index contributed by atoms with van der Waals surface area (Å²) in [6, 6.07) is 3.85. The van der Waals surface area contributed by atoms with Gasteiger partial charge in [0.15, 0.2) is 0 Å². The van der Waals surface area contributed by atoms with Gasteiger partial charge in [-0.3, -0.25) is 9.48 Å². The predicted molar refractivity (Wildman–Crippen MR) is 71.4 cm³/mol. The van der Waals surface area contributed by atoms with Crippen LogP contribution in [0.5, 0.6) is 0 Å². The summed E-state index contributed by atoms with van der Waals surface area (Å²) in [5, 5.41) is 6.85. The maximum absolute atomic E-state index is 12.9. The molecule has 100 valence electrons. The van der Waals surface area contributed by atoms with E-state index in [9.17, 15) is 9.18 Å². The zero-order chi connectivity index (χ0) is 14.0. The number of aryl methyl sites for hydroxylation is 2. The molecule has 0 spiro atoms. The Morgan fingerprint density at radius 2 is 2.26 bits per heavy atom. The zero-order valence-electron chi connectivity index (χ0n) is 10.8. The van der Waals surface area contributed by atoms with E-state index in [2.05, 4.69) is 10.4 Å². The summed E-state index contributed by atoms with van der Waals surface area (Å²) >= 11 is 0. The number of hydrogen-bond donors (Lipinski definition) is 2. The number of hydrogen-bond acceptors (Lipinski definition) is 3. The lowest BCUT2D eigenvalue weighted by Gasteiger charge is -2.07. The third kappa shape index (κ3) is 2.73. The first kappa shape index (κ1) is 13.1. The van der Waals surface area contributed by atoms with Gasteiger partial charge in [0.2, 0.25) is 0 Å². The highest BCUT2D eigenvalue weighted by Crippen LogP contribution is 2.20. The monoisotopic (exact) mass is 262 g/mol. The van der Waals surface area contributed by atoms with Gasteiger partial charge >= 0.3 is 0 Å². The van der Waals surface area contributed by atoms with Crippen LogP contribution >= 0.6 is 0 Å². The second-order valence-corrected chi connectivity index (χ2v) is 4.20. The van der Waals surface area contributed by atoms with Crippen molar-refractivity contribution in [1.82, 2.24) is 9.78 Å². The fourth-order valence-corrected chi connectivity index (χ4v) is 1.82. The maximum Gasteiger partial charge on any atom is 0.259 e. The van der Waals surface area contributed by atoms with Gasteiger partial charge in [-0.25, -0.2) is 4.39 Å². The van der Waals surface area contributed by atoms with Gasteiger partial charge in [-0.1, -0.05) is 6.92 Å². The van der Waals surface area contributed by atoms with Crippen molar-refractivity contribution in [3.05, 3.63) is 41.5 Å². The molecule has 0 bridgehead atoms. The number of nitrogens with one attached hydrogen (secondary N) is 1. The van der Waals surface area contributed by atoms with Crippen LogP contribution in [0.2, 0.25) is 0 Å².